The molecule has 5 rings (SSSR count). The van der Waals surface area contributed by atoms with Gasteiger partial charge in [0.15, 0.2) is 0 Å². The SMILES string of the molecule is Cc1ccccc1[C@H]1[C@H]2CNC[C@H]2CN1C(=O)c1ccc2nc(C)c(C)nc2c1. The molecule has 3 aromatic rings. The summed E-state index contributed by atoms with van der Waals surface area (Å²) in [6.07, 6.45) is 0. The Hall–Kier alpha value is -2.79. The van der Waals surface area contributed by atoms with E-state index in [9.17, 15) is 4.79 Å². The lowest BCUT2D eigenvalue weighted by Crippen LogP contribution is -2.35. The van der Waals surface area contributed by atoms with E-state index >= 15 is 0 Å². The van der Waals surface area contributed by atoms with E-state index in [0.717, 1.165) is 42.1 Å². The number of nitrogens with one attached hydrogen (secondary N) is 1. The molecule has 29 heavy (non-hydrogen) atoms. The first-order chi connectivity index (χ1) is 14.0. The number of hydrogen-bond donors (Lipinski definition) is 1. The van der Waals surface area contributed by atoms with E-state index in [2.05, 4.69) is 51.4 Å². The highest BCUT2D eigenvalue weighted by Gasteiger charge is 2.47. The van der Waals surface area contributed by atoms with E-state index in [1.165, 1.54) is 11.1 Å². The van der Waals surface area contributed by atoms with Crippen molar-refractivity contribution in [2.45, 2.75) is 26.8 Å². The quantitative estimate of drug-likeness (QED) is 0.731. The minimum absolute atomic E-state index is 0.0922. The van der Waals surface area contributed by atoms with Crippen molar-refractivity contribution in [3.05, 3.63) is 70.5 Å². The number of rotatable bonds is 2. The third-order valence-corrected chi connectivity index (χ3v) is 6.65. The number of carbonyl (C=O) groups is 1. The minimum Gasteiger partial charge on any atom is -0.331 e. The minimum atomic E-state index is 0.0922. The predicted octanol–water partition coefficient (Wildman–Crippen LogP) is 3.59. The van der Waals surface area contributed by atoms with E-state index in [-0.39, 0.29) is 11.9 Å². The average molecular weight is 386 g/mol. The average Bonchev–Trinajstić information content (AvgIpc) is 3.30. The summed E-state index contributed by atoms with van der Waals surface area (Å²) in [6.45, 7) is 8.81. The van der Waals surface area contributed by atoms with Crippen LogP contribution in [0.25, 0.3) is 11.0 Å². The highest BCUT2D eigenvalue weighted by atomic mass is 16.2. The highest BCUT2D eigenvalue weighted by molar-refractivity contribution is 5.97. The maximum Gasteiger partial charge on any atom is 0.254 e. The number of aryl methyl sites for hydroxylation is 3. The normalized spacial score (nSPS) is 23.6. The summed E-state index contributed by atoms with van der Waals surface area (Å²) < 4.78 is 0. The first-order valence-corrected chi connectivity index (χ1v) is 10.3. The lowest BCUT2D eigenvalue weighted by Gasteiger charge is -2.29. The van der Waals surface area contributed by atoms with Crippen LogP contribution in [0.5, 0.6) is 0 Å². The van der Waals surface area contributed by atoms with Crippen LogP contribution in [0.2, 0.25) is 0 Å². The van der Waals surface area contributed by atoms with Gasteiger partial charge in [-0.3, -0.25) is 4.79 Å². The van der Waals surface area contributed by atoms with Gasteiger partial charge in [-0.2, -0.15) is 0 Å². The zero-order valence-corrected chi connectivity index (χ0v) is 17.1. The molecule has 0 spiro atoms. The molecule has 148 valence electrons. The van der Waals surface area contributed by atoms with Gasteiger partial charge in [0.25, 0.3) is 5.91 Å². The van der Waals surface area contributed by atoms with Crippen LogP contribution in [-0.4, -0.2) is 40.4 Å². The standard InChI is InChI=1S/C24H26N4O/c1-14-6-4-5-7-19(14)23-20-12-25-11-18(20)13-28(23)24(29)17-8-9-21-22(10-17)27-16(3)15(2)26-21/h4-10,18,20,23,25H,11-13H2,1-3H3/t18-,20-,23-/m0/s1. The molecule has 2 aromatic carbocycles. The molecular formula is C24H26N4O. The summed E-state index contributed by atoms with van der Waals surface area (Å²) in [6, 6.07) is 14.3. The second-order valence-electron chi connectivity index (χ2n) is 8.44. The Kier molecular flexibility index (Phi) is 4.36. The molecule has 2 aliphatic heterocycles. The lowest BCUT2D eigenvalue weighted by molar-refractivity contribution is 0.0714. The van der Waals surface area contributed by atoms with Crippen molar-refractivity contribution in [1.29, 1.82) is 0 Å². The Morgan fingerprint density at radius 3 is 2.55 bits per heavy atom. The highest BCUT2D eigenvalue weighted by Crippen LogP contribution is 2.44. The molecule has 5 nitrogen and oxygen atoms in total. The van der Waals surface area contributed by atoms with Gasteiger partial charge >= 0.3 is 0 Å². The zero-order valence-electron chi connectivity index (χ0n) is 17.1. The maximum absolute atomic E-state index is 13.6. The van der Waals surface area contributed by atoms with Crippen molar-refractivity contribution in [2.75, 3.05) is 19.6 Å². The number of benzene rings is 2. The molecule has 0 radical (unpaired) electrons. The zero-order chi connectivity index (χ0) is 20.1. The topological polar surface area (TPSA) is 58.1 Å². The molecule has 2 aliphatic rings. The Morgan fingerprint density at radius 2 is 1.76 bits per heavy atom. The van der Waals surface area contributed by atoms with Gasteiger partial charge in [-0.05, 0) is 56.0 Å². The van der Waals surface area contributed by atoms with Gasteiger partial charge in [0.1, 0.15) is 0 Å². The second kappa shape index (κ2) is 6.92. The van der Waals surface area contributed by atoms with E-state index in [1.807, 2.05) is 32.0 Å². The van der Waals surface area contributed by atoms with Crippen LogP contribution < -0.4 is 5.32 Å². The van der Waals surface area contributed by atoms with Crippen molar-refractivity contribution in [1.82, 2.24) is 20.2 Å². The number of likely N-dealkylation sites (tertiary alicyclic amines) is 1. The summed E-state index contributed by atoms with van der Waals surface area (Å²) in [5.74, 6) is 1.06. The van der Waals surface area contributed by atoms with Crippen LogP contribution in [0.15, 0.2) is 42.5 Å². The van der Waals surface area contributed by atoms with Gasteiger partial charge < -0.3 is 10.2 Å². The monoisotopic (exact) mass is 386 g/mol. The Labute approximate surface area is 171 Å². The third kappa shape index (κ3) is 3.01. The number of nitrogens with zero attached hydrogens (tertiary/aromatic N) is 3. The third-order valence-electron chi connectivity index (χ3n) is 6.65. The first kappa shape index (κ1) is 18.3. The molecule has 3 heterocycles. The number of amides is 1. The molecule has 1 amide bonds. The van der Waals surface area contributed by atoms with Gasteiger partial charge in [-0.1, -0.05) is 24.3 Å². The van der Waals surface area contributed by atoms with E-state index in [1.54, 1.807) is 0 Å². The Morgan fingerprint density at radius 1 is 1.00 bits per heavy atom. The first-order valence-electron chi connectivity index (χ1n) is 10.3. The number of carbonyl (C=O) groups excluding carboxylic acids is 1. The van der Waals surface area contributed by atoms with Crippen LogP contribution in [0.4, 0.5) is 0 Å². The number of aromatic nitrogens is 2. The Balaban J connectivity index is 1.55. The van der Waals surface area contributed by atoms with Gasteiger partial charge in [0.2, 0.25) is 0 Å². The van der Waals surface area contributed by atoms with Gasteiger partial charge in [-0.25, -0.2) is 9.97 Å². The molecule has 0 aliphatic carbocycles. The van der Waals surface area contributed by atoms with E-state index < -0.39 is 0 Å². The summed E-state index contributed by atoms with van der Waals surface area (Å²) >= 11 is 0. The summed E-state index contributed by atoms with van der Waals surface area (Å²) in [5, 5.41) is 3.52. The number of hydrogen-bond acceptors (Lipinski definition) is 4. The van der Waals surface area contributed by atoms with Crippen molar-refractivity contribution in [3.63, 3.8) is 0 Å². The van der Waals surface area contributed by atoms with Gasteiger partial charge in [-0.15, -0.1) is 0 Å². The van der Waals surface area contributed by atoms with Gasteiger partial charge in [0.05, 0.1) is 28.5 Å². The van der Waals surface area contributed by atoms with Crippen LogP contribution in [0.3, 0.4) is 0 Å². The fourth-order valence-corrected chi connectivity index (χ4v) is 4.98. The Bertz CT molecular complexity index is 1110. The van der Waals surface area contributed by atoms with Crippen molar-refractivity contribution >= 4 is 16.9 Å². The van der Waals surface area contributed by atoms with Crippen molar-refractivity contribution in [3.8, 4) is 0 Å². The van der Waals surface area contributed by atoms with Crippen LogP contribution in [0.1, 0.15) is 38.9 Å². The molecule has 0 unspecified atom stereocenters. The lowest BCUT2D eigenvalue weighted by atomic mass is 9.87. The molecular weight excluding hydrogens is 360 g/mol. The molecule has 1 N–H and O–H groups in total. The fraction of sp³-hybridized carbons (Fsp3) is 0.375. The molecule has 2 fully saturated rings. The molecule has 2 saturated heterocycles. The van der Waals surface area contributed by atoms with E-state index in [0.29, 0.717) is 17.4 Å². The smallest absolute Gasteiger partial charge is 0.254 e. The summed E-state index contributed by atoms with van der Waals surface area (Å²) in [5.41, 5.74) is 6.66. The van der Waals surface area contributed by atoms with E-state index in [4.69, 9.17) is 0 Å². The summed E-state index contributed by atoms with van der Waals surface area (Å²) in [7, 11) is 0. The van der Waals surface area contributed by atoms with Gasteiger partial charge in [0, 0.05) is 31.1 Å². The maximum atomic E-state index is 13.6. The van der Waals surface area contributed by atoms with Crippen LogP contribution >= 0.6 is 0 Å². The summed E-state index contributed by atoms with van der Waals surface area (Å²) in [4.78, 5) is 25.0. The van der Waals surface area contributed by atoms with Crippen molar-refractivity contribution < 1.29 is 4.79 Å². The largest absolute Gasteiger partial charge is 0.331 e. The second-order valence-corrected chi connectivity index (χ2v) is 8.44. The molecule has 1 aromatic heterocycles. The molecule has 0 bridgehead atoms. The molecule has 5 heteroatoms. The van der Waals surface area contributed by atoms with Crippen molar-refractivity contribution in [2.24, 2.45) is 11.8 Å². The molecule has 0 saturated carbocycles. The van der Waals surface area contributed by atoms with Crippen LogP contribution in [0, 0.1) is 32.6 Å². The fourth-order valence-electron chi connectivity index (χ4n) is 4.98. The number of fused-ring (bicyclic) bond motifs is 2. The van der Waals surface area contributed by atoms with Crippen LogP contribution in [-0.2, 0) is 0 Å². The molecule has 3 atom stereocenters. The predicted molar refractivity (Wildman–Crippen MR) is 114 cm³/mol.